The van der Waals surface area contributed by atoms with Crippen LogP contribution in [0.5, 0.6) is 0 Å². The van der Waals surface area contributed by atoms with Gasteiger partial charge in [0.1, 0.15) is 0 Å². The Morgan fingerprint density at radius 3 is 2.15 bits per heavy atom. The predicted octanol–water partition coefficient (Wildman–Crippen LogP) is 4.89. The molecule has 0 N–H and O–H groups in total. The summed E-state index contributed by atoms with van der Waals surface area (Å²) >= 11 is 0. The van der Waals surface area contributed by atoms with Gasteiger partial charge in [0.25, 0.3) is 0 Å². The molecule has 5 heteroatoms. The standard InChI is InChI=1S/C22H24O3SSi/c1-26(24,25)18-12-9-17(10-13-18)20-14-11-16-7-5-6-8-19(16)21(23)15-22(20)27(2,3)4/h5-15,20H,1-4H3/b14-11-,22-15+. The van der Waals surface area contributed by atoms with E-state index in [-0.39, 0.29) is 11.7 Å². The number of benzene rings is 2. The van der Waals surface area contributed by atoms with Gasteiger partial charge in [0.2, 0.25) is 0 Å². The number of sulfone groups is 1. The van der Waals surface area contributed by atoms with Crippen molar-refractivity contribution >= 4 is 29.8 Å². The number of allylic oxidation sites excluding steroid dienone is 3. The maximum absolute atomic E-state index is 12.9. The fourth-order valence-corrected chi connectivity index (χ4v) is 5.77. The van der Waals surface area contributed by atoms with Gasteiger partial charge in [0.05, 0.1) is 13.0 Å². The van der Waals surface area contributed by atoms with Gasteiger partial charge < -0.3 is 0 Å². The van der Waals surface area contributed by atoms with E-state index < -0.39 is 17.9 Å². The van der Waals surface area contributed by atoms with Gasteiger partial charge in [-0.15, -0.1) is 0 Å². The molecule has 1 aliphatic carbocycles. The summed E-state index contributed by atoms with van der Waals surface area (Å²) in [5.74, 6) is -0.00675. The molecule has 0 spiro atoms. The quantitative estimate of drug-likeness (QED) is 0.694. The van der Waals surface area contributed by atoms with Gasteiger partial charge in [0.15, 0.2) is 15.6 Å². The Morgan fingerprint density at radius 1 is 0.926 bits per heavy atom. The van der Waals surface area contributed by atoms with Crippen LogP contribution in [0, 0.1) is 0 Å². The minimum absolute atomic E-state index is 0.0325. The lowest BCUT2D eigenvalue weighted by Crippen LogP contribution is -2.29. The molecule has 0 amide bonds. The second-order valence-corrected chi connectivity index (χ2v) is 15.1. The molecule has 0 radical (unpaired) electrons. The van der Waals surface area contributed by atoms with Gasteiger partial charge in [-0.3, -0.25) is 4.79 Å². The number of hydrogen-bond acceptors (Lipinski definition) is 3. The topological polar surface area (TPSA) is 51.2 Å². The minimum Gasteiger partial charge on any atom is -0.289 e. The van der Waals surface area contributed by atoms with Crippen LogP contribution in [-0.2, 0) is 9.84 Å². The van der Waals surface area contributed by atoms with Gasteiger partial charge in [0, 0.05) is 17.7 Å². The van der Waals surface area contributed by atoms with Crippen molar-refractivity contribution in [2.75, 3.05) is 6.26 Å². The first kappa shape index (κ1) is 19.5. The maximum atomic E-state index is 12.9. The maximum Gasteiger partial charge on any atom is 0.186 e. The molecule has 1 atom stereocenters. The smallest absolute Gasteiger partial charge is 0.186 e. The van der Waals surface area contributed by atoms with E-state index in [1.165, 1.54) is 6.26 Å². The van der Waals surface area contributed by atoms with Crippen molar-refractivity contribution in [1.29, 1.82) is 0 Å². The van der Waals surface area contributed by atoms with E-state index in [1.54, 1.807) is 12.1 Å². The molecule has 1 unspecified atom stereocenters. The first-order chi connectivity index (χ1) is 12.6. The molecule has 0 saturated heterocycles. The molecule has 0 fully saturated rings. The average Bonchev–Trinajstić information content (AvgIpc) is 2.58. The molecule has 3 nitrogen and oxygen atoms in total. The number of ketones is 1. The Balaban J connectivity index is 2.16. The van der Waals surface area contributed by atoms with Crippen molar-refractivity contribution in [3.63, 3.8) is 0 Å². The molecular formula is C22H24O3SSi. The fourth-order valence-electron chi connectivity index (χ4n) is 3.38. The summed E-state index contributed by atoms with van der Waals surface area (Å²) in [6.07, 6.45) is 7.16. The summed E-state index contributed by atoms with van der Waals surface area (Å²) in [7, 11) is -5.03. The van der Waals surface area contributed by atoms with Crippen molar-refractivity contribution in [2.45, 2.75) is 30.5 Å². The highest BCUT2D eigenvalue weighted by molar-refractivity contribution is 7.90. The lowest BCUT2D eigenvalue weighted by molar-refractivity contribution is 0.104. The van der Waals surface area contributed by atoms with Crippen molar-refractivity contribution in [3.05, 3.63) is 82.6 Å². The Kier molecular flexibility index (Phi) is 5.10. The molecule has 2 aromatic carbocycles. The third-order valence-electron chi connectivity index (χ3n) is 4.85. The highest BCUT2D eigenvalue weighted by Gasteiger charge is 2.29. The predicted molar refractivity (Wildman–Crippen MR) is 114 cm³/mol. The number of fused-ring (bicyclic) bond motifs is 1. The molecule has 0 aromatic heterocycles. The Hall–Kier alpha value is -2.24. The summed E-state index contributed by atoms with van der Waals surface area (Å²) in [6, 6.07) is 14.6. The molecule has 0 saturated carbocycles. The van der Waals surface area contributed by atoms with Crippen LogP contribution in [0.2, 0.25) is 19.6 Å². The van der Waals surface area contributed by atoms with E-state index >= 15 is 0 Å². The van der Waals surface area contributed by atoms with Gasteiger partial charge in [-0.1, -0.05) is 73.4 Å². The van der Waals surface area contributed by atoms with Crippen LogP contribution in [0.4, 0.5) is 0 Å². The molecular weight excluding hydrogens is 372 g/mol. The summed E-state index contributed by atoms with van der Waals surface area (Å²) in [5, 5.41) is 1.14. The normalized spacial score (nSPS) is 20.8. The molecule has 140 valence electrons. The second-order valence-electron chi connectivity index (χ2n) is 7.98. The monoisotopic (exact) mass is 396 g/mol. The third kappa shape index (κ3) is 4.20. The van der Waals surface area contributed by atoms with E-state index in [0.717, 1.165) is 21.9 Å². The molecule has 27 heavy (non-hydrogen) atoms. The largest absolute Gasteiger partial charge is 0.289 e. The summed E-state index contributed by atoms with van der Waals surface area (Å²) in [5.41, 5.74) is 2.63. The number of hydrogen-bond donors (Lipinski definition) is 0. The Morgan fingerprint density at radius 2 is 1.56 bits per heavy atom. The van der Waals surface area contributed by atoms with Crippen LogP contribution in [-0.4, -0.2) is 28.5 Å². The van der Waals surface area contributed by atoms with E-state index in [4.69, 9.17) is 0 Å². The van der Waals surface area contributed by atoms with E-state index in [0.29, 0.717) is 4.90 Å². The minimum atomic E-state index is -3.23. The summed E-state index contributed by atoms with van der Waals surface area (Å²) < 4.78 is 23.5. The molecule has 0 heterocycles. The van der Waals surface area contributed by atoms with Gasteiger partial charge >= 0.3 is 0 Å². The van der Waals surface area contributed by atoms with Crippen LogP contribution < -0.4 is 0 Å². The van der Waals surface area contributed by atoms with Crippen LogP contribution in [0.15, 0.2) is 70.8 Å². The lowest BCUT2D eigenvalue weighted by Gasteiger charge is -2.29. The number of carbonyl (C=O) groups is 1. The first-order valence-corrected chi connectivity index (χ1v) is 14.3. The van der Waals surface area contributed by atoms with Crippen LogP contribution in [0.1, 0.15) is 27.4 Å². The summed E-state index contributed by atoms with van der Waals surface area (Å²) in [4.78, 5) is 13.2. The summed E-state index contributed by atoms with van der Waals surface area (Å²) in [6.45, 7) is 6.68. The van der Waals surface area contributed by atoms with Gasteiger partial charge in [-0.05, 0) is 29.3 Å². The van der Waals surface area contributed by atoms with Gasteiger partial charge in [-0.25, -0.2) is 8.42 Å². The molecule has 1 aliphatic rings. The molecule has 3 rings (SSSR count). The van der Waals surface area contributed by atoms with Crippen LogP contribution >= 0.6 is 0 Å². The van der Waals surface area contributed by atoms with Crippen LogP contribution in [0.3, 0.4) is 0 Å². The van der Waals surface area contributed by atoms with Crippen molar-refractivity contribution < 1.29 is 13.2 Å². The zero-order valence-corrected chi connectivity index (χ0v) is 17.9. The first-order valence-electron chi connectivity index (χ1n) is 8.91. The third-order valence-corrected chi connectivity index (χ3v) is 8.17. The Labute approximate surface area is 162 Å². The molecule has 0 bridgehead atoms. The molecule has 2 aromatic rings. The van der Waals surface area contributed by atoms with Crippen molar-refractivity contribution in [1.82, 2.24) is 0 Å². The average molecular weight is 397 g/mol. The Bertz CT molecular complexity index is 1040. The lowest BCUT2D eigenvalue weighted by atomic mass is 9.92. The van der Waals surface area contributed by atoms with E-state index in [9.17, 15) is 13.2 Å². The number of rotatable bonds is 3. The highest BCUT2D eigenvalue weighted by atomic mass is 32.2. The number of carbonyl (C=O) groups excluding carboxylic acids is 1. The highest BCUT2D eigenvalue weighted by Crippen LogP contribution is 2.35. The van der Waals surface area contributed by atoms with Crippen molar-refractivity contribution in [3.8, 4) is 0 Å². The fraction of sp³-hybridized carbons (Fsp3) is 0.227. The zero-order chi connectivity index (χ0) is 19.8. The SMILES string of the molecule is C[Si](C)(C)/C1=C/C(=O)c2ccccc2/C=C\C1c1ccc(S(C)(=O)=O)cc1. The van der Waals surface area contributed by atoms with Crippen LogP contribution in [0.25, 0.3) is 6.08 Å². The molecule has 0 aliphatic heterocycles. The van der Waals surface area contributed by atoms with Gasteiger partial charge in [-0.2, -0.15) is 0 Å². The van der Waals surface area contributed by atoms with Crippen molar-refractivity contribution in [2.24, 2.45) is 0 Å². The zero-order valence-electron chi connectivity index (χ0n) is 16.1. The van der Waals surface area contributed by atoms with E-state index in [2.05, 4.69) is 25.7 Å². The van der Waals surface area contributed by atoms with E-state index in [1.807, 2.05) is 48.6 Å². The second kappa shape index (κ2) is 7.06.